The summed E-state index contributed by atoms with van der Waals surface area (Å²) >= 11 is 3.68. The second kappa shape index (κ2) is 5.63. The summed E-state index contributed by atoms with van der Waals surface area (Å²) in [5, 5.41) is 10.9. The van der Waals surface area contributed by atoms with E-state index in [1.165, 1.54) is 12.1 Å². The number of benzene rings is 1. The Bertz CT molecular complexity index is 377. The molecular weight excluding hydrogens is 255 g/mol. The minimum absolute atomic E-state index is 0.162. The van der Waals surface area contributed by atoms with Crippen molar-refractivity contribution in [1.29, 1.82) is 0 Å². The Labute approximate surface area is 110 Å². The number of aliphatic hydroxyl groups is 1. The Morgan fingerprint density at radius 3 is 2.65 bits per heavy atom. The zero-order valence-corrected chi connectivity index (χ0v) is 11.7. The van der Waals surface area contributed by atoms with E-state index in [4.69, 9.17) is 0 Å². The molecule has 0 aliphatic carbocycles. The van der Waals surface area contributed by atoms with Crippen molar-refractivity contribution < 1.29 is 9.50 Å². The summed E-state index contributed by atoms with van der Waals surface area (Å²) < 4.78 is 13.3. The van der Waals surface area contributed by atoms with Crippen LogP contribution in [0.1, 0.15) is 24.2 Å². The molecule has 3 atom stereocenters. The van der Waals surface area contributed by atoms with Crippen LogP contribution >= 0.6 is 23.5 Å². The fourth-order valence-corrected chi connectivity index (χ4v) is 4.96. The van der Waals surface area contributed by atoms with E-state index in [0.29, 0.717) is 10.8 Å². The molecule has 0 aromatic heterocycles. The minimum atomic E-state index is -0.572. The number of halogens is 1. The smallest absolute Gasteiger partial charge is 0.123 e. The molecule has 17 heavy (non-hydrogen) atoms. The molecule has 1 aliphatic rings. The normalized spacial score (nSPS) is 26.8. The summed E-state index contributed by atoms with van der Waals surface area (Å²) in [5.74, 6) is 1.93. The molecule has 1 aliphatic heterocycles. The second-order valence-corrected chi connectivity index (χ2v) is 7.19. The van der Waals surface area contributed by atoms with Gasteiger partial charge in [0, 0.05) is 22.0 Å². The number of hydrogen-bond donors (Lipinski definition) is 1. The third-order valence-corrected chi connectivity index (χ3v) is 6.13. The largest absolute Gasteiger partial charge is 0.387 e. The average molecular weight is 272 g/mol. The lowest BCUT2D eigenvalue weighted by atomic mass is 10.0. The number of aliphatic hydroxyl groups excluding tert-OH is 1. The summed E-state index contributed by atoms with van der Waals surface area (Å²) in [6.45, 7) is 3.99. The molecular formula is C13H17FOS2. The molecule has 2 rings (SSSR count). The topological polar surface area (TPSA) is 20.2 Å². The third kappa shape index (κ3) is 3.18. The van der Waals surface area contributed by atoms with Gasteiger partial charge in [-0.15, -0.1) is 0 Å². The van der Waals surface area contributed by atoms with Gasteiger partial charge in [0.1, 0.15) is 5.82 Å². The maximum absolute atomic E-state index is 13.3. The maximum atomic E-state index is 13.3. The molecule has 0 amide bonds. The van der Waals surface area contributed by atoms with Crippen molar-refractivity contribution in [1.82, 2.24) is 0 Å². The van der Waals surface area contributed by atoms with Crippen LogP contribution < -0.4 is 0 Å². The van der Waals surface area contributed by atoms with E-state index in [9.17, 15) is 9.50 Å². The molecule has 1 aromatic rings. The van der Waals surface area contributed by atoms with Gasteiger partial charge in [0.15, 0.2) is 0 Å². The highest BCUT2D eigenvalue weighted by molar-refractivity contribution is 8.07. The van der Waals surface area contributed by atoms with Crippen LogP contribution in [-0.4, -0.2) is 27.1 Å². The van der Waals surface area contributed by atoms with Crippen LogP contribution in [0.15, 0.2) is 18.2 Å². The Hall–Kier alpha value is -0.190. The molecule has 1 saturated heterocycles. The predicted molar refractivity (Wildman–Crippen MR) is 74.3 cm³/mol. The van der Waals surface area contributed by atoms with E-state index in [1.54, 1.807) is 11.8 Å². The van der Waals surface area contributed by atoms with E-state index >= 15 is 0 Å². The van der Waals surface area contributed by atoms with Crippen molar-refractivity contribution >= 4 is 23.5 Å². The molecule has 0 radical (unpaired) electrons. The summed E-state index contributed by atoms with van der Waals surface area (Å²) in [6.07, 6.45) is -0.572. The zero-order valence-electron chi connectivity index (χ0n) is 10.0. The van der Waals surface area contributed by atoms with Crippen molar-refractivity contribution in [2.24, 2.45) is 0 Å². The first-order valence-electron chi connectivity index (χ1n) is 5.76. The maximum Gasteiger partial charge on any atom is 0.123 e. The third-order valence-electron chi connectivity index (χ3n) is 2.95. The molecule has 1 fully saturated rings. The number of thioether (sulfide) groups is 2. The molecule has 0 saturated carbocycles. The fraction of sp³-hybridized carbons (Fsp3) is 0.538. The van der Waals surface area contributed by atoms with E-state index in [1.807, 2.05) is 24.8 Å². The number of rotatable bonds is 2. The SMILES string of the molecule is Cc1cc(F)cc(C(O)C2SCCSC2C)c1. The predicted octanol–water partition coefficient (Wildman–Crippen LogP) is 3.40. The standard InChI is InChI=1S/C13H17FOS2/c1-8-5-10(7-11(14)6-8)12(15)13-9(2)16-3-4-17-13/h5-7,9,12-13,15H,3-4H2,1-2H3. The average Bonchev–Trinajstić information content (AvgIpc) is 2.27. The highest BCUT2D eigenvalue weighted by Crippen LogP contribution is 2.38. The summed E-state index contributed by atoms with van der Waals surface area (Å²) in [4.78, 5) is 0. The first-order chi connectivity index (χ1) is 8.08. The van der Waals surface area contributed by atoms with Crippen LogP contribution in [0.2, 0.25) is 0 Å². The highest BCUT2D eigenvalue weighted by Gasteiger charge is 2.30. The lowest BCUT2D eigenvalue weighted by Gasteiger charge is -2.32. The van der Waals surface area contributed by atoms with Gasteiger partial charge in [0.05, 0.1) is 6.10 Å². The van der Waals surface area contributed by atoms with Gasteiger partial charge in [-0.1, -0.05) is 13.0 Å². The van der Waals surface area contributed by atoms with Crippen molar-refractivity contribution in [3.05, 3.63) is 35.1 Å². The van der Waals surface area contributed by atoms with Crippen LogP contribution in [-0.2, 0) is 0 Å². The Morgan fingerprint density at radius 2 is 2.00 bits per heavy atom. The Morgan fingerprint density at radius 1 is 1.29 bits per heavy atom. The summed E-state index contributed by atoms with van der Waals surface area (Å²) in [7, 11) is 0. The molecule has 3 unspecified atom stereocenters. The second-order valence-electron chi connectivity index (χ2n) is 4.42. The van der Waals surface area contributed by atoms with Gasteiger partial charge >= 0.3 is 0 Å². The van der Waals surface area contributed by atoms with E-state index < -0.39 is 6.10 Å². The van der Waals surface area contributed by atoms with Gasteiger partial charge in [-0.2, -0.15) is 23.5 Å². The lowest BCUT2D eigenvalue weighted by molar-refractivity contribution is 0.173. The van der Waals surface area contributed by atoms with Gasteiger partial charge in [0.2, 0.25) is 0 Å². The van der Waals surface area contributed by atoms with Gasteiger partial charge in [-0.3, -0.25) is 0 Å². The number of hydrogen-bond acceptors (Lipinski definition) is 3. The van der Waals surface area contributed by atoms with Crippen LogP contribution in [0.4, 0.5) is 4.39 Å². The first kappa shape index (κ1) is 13.2. The molecule has 1 N–H and O–H groups in total. The molecule has 1 aromatic carbocycles. The molecule has 0 spiro atoms. The van der Waals surface area contributed by atoms with Gasteiger partial charge in [-0.05, 0) is 30.2 Å². The Balaban J connectivity index is 2.20. The molecule has 94 valence electrons. The highest BCUT2D eigenvalue weighted by atomic mass is 32.2. The quantitative estimate of drug-likeness (QED) is 0.891. The van der Waals surface area contributed by atoms with Crippen molar-refractivity contribution in [2.75, 3.05) is 11.5 Å². The van der Waals surface area contributed by atoms with Gasteiger partial charge < -0.3 is 5.11 Å². The van der Waals surface area contributed by atoms with E-state index in [-0.39, 0.29) is 11.1 Å². The van der Waals surface area contributed by atoms with Crippen molar-refractivity contribution in [3.8, 4) is 0 Å². The summed E-state index contributed by atoms with van der Waals surface area (Å²) in [6, 6.07) is 4.81. The van der Waals surface area contributed by atoms with E-state index in [2.05, 4.69) is 6.92 Å². The zero-order chi connectivity index (χ0) is 12.4. The van der Waals surface area contributed by atoms with E-state index in [0.717, 1.165) is 17.1 Å². The van der Waals surface area contributed by atoms with Crippen LogP contribution in [0.3, 0.4) is 0 Å². The van der Waals surface area contributed by atoms with Crippen LogP contribution in [0.25, 0.3) is 0 Å². The van der Waals surface area contributed by atoms with Gasteiger partial charge in [0.25, 0.3) is 0 Å². The first-order valence-corrected chi connectivity index (χ1v) is 7.86. The monoisotopic (exact) mass is 272 g/mol. The van der Waals surface area contributed by atoms with Crippen LogP contribution in [0.5, 0.6) is 0 Å². The van der Waals surface area contributed by atoms with Crippen molar-refractivity contribution in [3.63, 3.8) is 0 Å². The Kier molecular flexibility index (Phi) is 4.39. The van der Waals surface area contributed by atoms with Crippen LogP contribution in [0, 0.1) is 12.7 Å². The summed E-state index contributed by atoms with van der Waals surface area (Å²) in [5.41, 5.74) is 1.56. The molecule has 0 bridgehead atoms. The molecule has 1 nitrogen and oxygen atoms in total. The van der Waals surface area contributed by atoms with Crippen molar-refractivity contribution in [2.45, 2.75) is 30.5 Å². The fourth-order valence-electron chi connectivity index (χ4n) is 2.12. The minimum Gasteiger partial charge on any atom is -0.387 e. The molecule has 4 heteroatoms. The van der Waals surface area contributed by atoms with Gasteiger partial charge in [-0.25, -0.2) is 4.39 Å². The number of aryl methyl sites for hydroxylation is 1. The molecule has 1 heterocycles. The lowest BCUT2D eigenvalue weighted by Crippen LogP contribution is -2.29.